The third kappa shape index (κ3) is 4.89. The predicted molar refractivity (Wildman–Crippen MR) is 82.4 cm³/mol. The highest BCUT2D eigenvalue weighted by atomic mass is 35.7. The van der Waals surface area contributed by atoms with Crippen molar-refractivity contribution in [3.05, 3.63) is 23.8 Å². The molecule has 0 saturated heterocycles. The third-order valence-corrected chi connectivity index (χ3v) is 4.73. The van der Waals surface area contributed by atoms with Gasteiger partial charge in [-0.15, -0.1) is 0 Å². The van der Waals surface area contributed by atoms with E-state index in [4.69, 9.17) is 15.4 Å². The van der Waals surface area contributed by atoms with Crippen LogP contribution in [0.25, 0.3) is 0 Å². The van der Waals surface area contributed by atoms with Gasteiger partial charge in [-0.1, -0.05) is 20.8 Å². The first-order valence-electron chi connectivity index (χ1n) is 6.51. The molecule has 0 atom stereocenters. The molecule has 0 spiro atoms. The molecular formula is C14H20ClNO4S. The molecule has 0 unspecified atom stereocenters. The van der Waals surface area contributed by atoms with Gasteiger partial charge in [0.1, 0.15) is 5.75 Å². The first kappa shape index (κ1) is 17.8. The molecule has 1 aromatic rings. The number of hydrogen-bond acceptors (Lipinski definition) is 4. The van der Waals surface area contributed by atoms with Crippen LogP contribution in [-0.4, -0.2) is 28.0 Å². The average Bonchev–Trinajstić information content (AvgIpc) is 2.43. The van der Waals surface area contributed by atoms with Crippen molar-refractivity contribution in [1.82, 2.24) is 5.32 Å². The molecule has 1 amide bonds. The number of hydrogen-bond donors (Lipinski definition) is 1. The van der Waals surface area contributed by atoms with Gasteiger partial charge in [-0.25, -0.2) is 8.42 Å². The Labute approximate surface area is 130 Å². The molecule has 7 heteroatoms. The lowest BCUT2D eigenvalue weighted by Gasteiger charge is -2.23. The maximum Gasteiger partial charge on any atom is 0.261 e. The molecule has 0 saturated carbocycles. The fourth-order valence-corrected chi connectivity index (χ4v) is 2.33. The predicted octanol–water partition coefficient (Wildman–Crippen LogP) is 2.79. The molecule has 0 bridgehead atoms. The summed E-state index contributed by atoms with van der Waals surface area (Å²) in [4.78, 5) is 12.1. The summed E-state index contributed by atoms with van der Waals surface area (Å²) in [6.45, 7) is 6.57. The standard InChI is InChI=1S/C14H20ClNO4S/c1-5-14(2,3)9-16-13(17)11-8-10(21(15,18)19)6-7-12(11)20-4/h6-8H,5,9H2,1-4H3,(H,16,17). The van der Waals surface area contributed by atoms with Crippen LogP contribution < -0.4 is 10.1 Å². The van der Waals surface area contributed by atoms with E-state index < -0.39 is 15.0 Å². The monoisotopic (exact) mass is 333 g/mol. The van der Waals surface area contributed by atoms with Crippen LogP contribution in [0.15, 0.2) is 23.1 Å². The van der Waals surface area contributed by atoms with Crippen molar-refractivity contribution < 1.29 is 17.9 Å². The number of methoxy groups -OCH3 is 1. The van der Waals surface area contributed by atoms with Gasteiger partial charge in [0.15, 0.2) is 0 Å². The van der Waals surface area contributed by atoms with E-state index in [0.717, 1.165) is 6.42 Å². The van der Waals surface area contributed by atoms with Crippen molar-refractivity contribution in [2.75, 3.05) is 13.7 Å². The fourth-order valence-electron chi connectivity index (χ4n) is 1.56. The summed E-state index contributed by atoms with van der Waals surface area (Å²) in [6.07, 6.45) is 0.903. The second-order valence-electron chi connectivity index (χ2n) is 5.50. The molecule has 1 aromatic carbocycles. The van der Waals surface area contributed by atoms with Crippen LogP contribution in [0.4, 0.5) is 0 Å². The number of carbonyl (C=O) groups excluding carboxylic acids is 1. The van der Waals surface area contributed by atoms with E-state index in [0.29, 0.717) is 12.3 Å². The minimum absolute atomic E-state index is 0.0426. The normalized spacial score (nSPS) is 12.0. The Bertz CT molecular complexity index is 626. The zero-order valence-corrected chi connectivity index (χ0v) is 14.1. The van der Waals surface area contributed by atoms with E-state index in [1.165, 1.54) is 25.3 Å². The summed E-state index contributed by atoms with van der Waals surface area (Å²) in [5, 5.41) is 2.79. The van der Waals surface area contributed by atoms with E-state index in [1.807, 2.05) is 20.8 Å². The fraction of sp³-hybridized carbons (Fsp3) is 0.500. The van der Waals surface area contributed by atoms with Gasteiger partial charge >= 0.3 is 0 Å². The molecule has 0 aromatic heterocycles. The van der Waals surface area contributed by atoms with Gasteiger partial charge in [0, 0.05) is 17.2 Å². The summed E-state index contributed by atoms with van der Waals surface area (Å²) in [6, 6.07) is 3.93. The van der Waals surface area contributed by atoms with E-state index >= 15 is 0 Å². The summed E-state index contributed by atoms with van der Waals surface area (Å²) >= 11 is 0. The zero-order valence-electron chi connectivity index (χ0n) is 12.6. The first-order chi connectivity index (χ1) is 9.60. The highest BCUT2D eigenvalue weighted by Crippen LogP contribution is 2.25. The van der Waals surface area contributed by atoms with Crippen molar-refractivity contribution >= 4 is 25.6 Å². The maximum atomic E-state index is 12.2. The summed E-state index contributed by atoms with van der Waals surface area (Å²) < 4.78 is 27.8. The molecule has 118 valence electrons. The quantitative estimate of drug-likeness (QED) is 0.812. The lowest BCUT2D eigenvalue weighted by Crippen LogP contribution is -2.33. The molecule has 0 radical (unpaired) electrons. The van der Waals surface area contributed by atoms with Gasteiger partial charge in [0.2, 0.25) is 0 Å². The number of amides is 1. The van der Waals surface area contributed by atoms with Crippen LogP contribution in [0.2, 0.25) is 0 Å². The largest absolute Gasteiger partial charge is 0.496 e. The smallest absolute Gasteiger partial charge is 0.261 e. The topological polar surface area (TPSA) is 72.5 Å². The van der Waals surface area contributed by atoms with Crippen LogP contribution >= 0.6 is 10.7 Å². The average molecular weight is 334 g/mol. The van der Waals surface area contributed by atoms with E-state index in [9.17, 15) is 13.2 Å². The van der Waals surface area contributed by atoms with Crippen molar-refractivity contribution in [3.63, 3.8) is 0 Å². The highest BCUT2D eigenvalue weighted by Gasteiger charge is 2.21. The minimum atomic E-state index is -3.90. The molecule has 1 rings (SSSR count). The molecule has 0 aliphatic heterocycles. The summed E-state index contributed by atoms with van der Waals surface area (Å²) in [5.74, 6) is -0.0959. The maximum absolute atomic E-state index is 12.2. The molecule has 0 aliphatic carbocycles. The summed E-state index contributed by atoms with van der Waals surface area (Å²) in [5.41, 5.74) is 0.102. The first-order valence-corrected chi connectivity index (χ1v) is 8.82. The van der Waals surface area contributed by atoms with Gasteiger partial charge in [0.25, 0.3) is 15.0 Å². The molecule has 5 nitrogen and oxygen atoms in total. The lowest BCUT2D eigenvalue weighted by atomic mass is 9.90. The minimum Gasteiger partial charge on any atom is -0.496 e. The van der Waals surface area contributed by atoms with Crippen LogP contribution in [0.1, 0.15) is 37.6 Å². The Morgan fingerprint density at radius 1 is 1.38 bits per heavy atom. The van der Waals surface area contributed by atoms with E-state index in [-0.39, 0.29) is 15.9 Å². The van der Waals surface area contributed by atoms with Crippen molar-refractivity contribution in [3.8, 4) is 5.75 Å². The van der Waals surface area contributed by atoms with Gasteiger partial charge in [-0.05, 0) is 30.0 Å². The molecule has 0 heterocycles. The Balaban J connectivity index is 3.07. The van der Waals surface area contributed by atoms with Gasteiger partial charge in [-0.2, -0.15) is 0 Å². The van der Waals surface area contributed by atoms with Gasteiger partial charge < -0.3 is 10.1 Å². The third-order valence-electron chi connectivity index (χ3n) is 3.38. The Morgan fingerprint density at radius 2 is 2.00 bits per heavy atom. The molecule has 1 N–H and O–H groups in total. The van der Waals surface area contributed by atoms with Crippen LogP contribution in [0.3, 0.4) is 0 Å². The second-order valence-corrected chi connectivity index (χ2v) is 8.07. The highest BCUT2D eigenvalue weighted by molar-refractivity contribution is 8.13. The molecule has 21 heavy (non-hydrogen) atoms. The van der Waals surface area contributed by atoms with Crippen LogP contribution in [0, 0.1) is 5.41 Å². The van der Waals surface area contributed by atoms with Gasteiger partial charge in [0.05, 0.1) is 17.6 Å². The van der Waals surface area contributed by atoms with E-state index in [2.05, 4.69) is 5.32 Å². The number of rotatable bonds is 6. The van der Waals surface area contributed by atoms with E-state index in [1.54, 1.807) is 0 Å². The van der Waals surface area contributed by atoms with Crippen LogP contribution in [0.5, 0.6) is 5.75 Å². The Kier molecular flexibility index (Phi) is 5.64. The van der Waals surface area contributed by atoms with Crippen molar-refractivity contribution in [2.24, 2.45) is 5.41 Å². The summed E-state index contributed by atoms with van der Waals surface area (Å²) in [7, 11) is 2.82. The zero-order chi connectivity index (χ0) is 16.3. The lowest BCUT2D eigenvalue weighted by molar-refractivity contribution is 0.0932. The number of carbonyl (C=O) groups is 1. The number of benzene rings is 1. The Morgan fingerprint density at radius 3 is 2.48 bits per heavy atom. The van der Waals surface area contributed by atoms with Crippen molar-refractivity contribution in [2.45, 2.75) is 32.1 Å². The number of halogens is 1. The van der Waals surface area contributed by atoms with Crippen molar-refractivity contribution in [1.29, 1.82) is 0 Å². The number of ether oxygens (including phenoxy) is 1. The van der Waals surface area contributed by atoms with Gasteiger partial charge in [-0.3, -0.25) is 4.79 Å². The second kappa shape index (κ2) is 6.66. The molecule has 0 fully saturated rings. The molecule has 0 aliphatic rings. The number of nitrogens with one attached hydrogen (secondary N) is 1. The van der Waals surface area contributed by atoms with Crippen LogP contribution in [-0.2, 0) is 9.05 Å². The molecular weight excluding hydrogens is 314 g/mol. The Hall–Kier alpha value is -1.27. The SMILES string of the molecule is CCC(C)(C)CNC(=O)c1cc(S(=O)(=O)Cl)ccc1OC.